The van der Waals surface area contributed by atoms with Crippen LogP contribution in [-0.2, 0) is 14.8 Å². The highest BCUT2D eigenvalue weighted by molar-refractivity contribution is 7.89. The van der Waals surface area contributed by atoms with Crippen molar-refractivity contribution in [1.82, 2.24) is 9.62 Å². The highest BCUT2D eigenvalue weighted by atomic mass is 32.2. The van der Waals surface area contributed by atoms with Gasteiger partial charge in [0.2, 0.25) is 15.9 Å². The van der Waals surface area contributed by atoms with E-state index < -0.39 is 10.0 Å². The lowest BCUT2D eigenvalue weighted by Crippen LogP contribution is -2.40. The van der Waals surface area contributed by atoms with E-state index in [0.29, 0.717) is 16.8 Å². The molecule has 0 aliphatic heterocycles. The van der Waals surface area contributed by atoms with E-state index in [1.54, 1.807) is 32.9 Å². The molecule has 1 aromatic carbocycles. The minimum atomic E-state index is -3.75. The Morgan fingerprint density at radius 3 is 2.45 bits per heavy atom. The fourth-order valence-corrected chi connectivity index (χ4v) is 3.84. The van der Waals surface area contributed by atoms with Gasteiger partial charge in [0.1, 0.15) is 0 Å². The molecule has 6 nitrogen and oxygen atoms in total. The van der Waals surface area contributed by atoms with Crippen LogP contribution >= 0.6 is 0 Å². The predicted octanol–water partition coefficient (Wildman–Crippen LogP) is 0.642. The van der Waals surface area contributed by atoms with Gasteiger partial charge in [0.25, 0.3) is 0 Å². The molecule has 20 heavy (non-hydrogen) atoms. The van der Waals surface area contributed by atoms with E-state index in [-0.39, 0.29) is 23.9 Å². The Balaban J connectivity index is 3.35. The molecule has 1 rings (SSSR count). The molecule has 0 radical (unpaired) electrons. The molecule has 0 unspecified atom stereocenters. The number of nitrogens with one attached hydrogen (secondary N) is 1. The number of likely N-dealkylation sites (N-methyl/N-ethyl adjacent to an activating group) is 2. The number of anilines is 1. The van der Waals surface area contributed by atoms with Crippen molar-refractivity contribution in [3.05, 3.63) is 23.3 Å². The van der Waals surface area contributed by atoms with Crippen molar-refractivity contribution in [1.29, 1.82) is 0 Å². The largest absolute Gasteiger partial charge is 0.398 e. The number of benzene rings is 1. The highest BCUT2D eigenvalue weighted by Crippen LogP contribution is 2.27. The summed E-state index contributed by atoms with van der Waals surface area (Å²) < 4.78 is 26.5. The van der Waals surface area contributed by atoms with Gasteiger partial charge in [-0.25, -0.2) is 8.42 Å². The third kappa shape index (κ3) is 3.10. The van der Waals surface area contributed by atoms with Crippen LogP contribution in [0.4, 0.5) is 5.69 Å². The van der Waals surface area contributed by atoms with Crippen molar-refractivity contribution in [3.8, 4) is 0 Å². The summed E-state index contributed by atoms with van der Waals surface area (Å²) in [4.78, 5) is 11.6. The molecule has 0 saturated heterocycles. The van der Waals surface area contributed by atoms with Crippen molar-refractivity contribution < 1.29 is 13.2 Å². The number of nitrogen functional groups attached to an aromatic ring is 1. The van der Waals surface area contributed by atoms with Crippen molar-refractivity contribution in [2.24, 2.45) is 0 Å². The monoisotopic (exact) mass is 299 g/mol. The number of sulfonamides is 1. The fraction of sp³-hybridized carbons (Fsp3) is 0.462. The number of nitrogens with zero attached hydrogens (tertiary/aromatic N) is 1. The SMILES string of the molecule is CCN(CC(=O)NC)S(=O)(=O)c1c(C)ccc(N)c1C. The number of aryl methyl sites for hydroxylation is 1. The first-order chi connectivity index (χ1) is 9.25. The maximum atomic E-state index is 12.7. The third-order valence-electron chi connectivity index (χ3n) is 3.19. The number of hydrogen-bond acceptors (Lipinski definition) is 4. The van der Waals surface area contributed by atoms with Crippen LogP contribution < -0.4 is 11.1 Å². The molecule has 0 saturated carbocycles. The fourth-order valence-electron chi connectivity index (χ4n) is 1.97. The van der Waals surface area contributed by atoms with Crippen LogP contribution in [-0.4, -0.2) is 38.8 Å². The Kier molecular flexibility index (Phi) is 5.13. The Morgan fingerprint density at radius 2 is 1.95 bits per heavy atom. The minimum absolute atomic E-state index is 0.184. The lowest BCUT2D eigenvalue weighted by atomic mass is 10.1. The van der Waals surface area contributed by atoms with Crippen LogP contribution in [0.3, 0.4) is 0 Å². The molecule has 1 aromatic rings. The molecule has 7 heteroatoms. The Hall–Kier alpha value is -1.60. The summed E-state index contributed by atoms with van der Waals surface area (Å²) >= 11 is 0. The van der Waals surface area contributed by atoms with E-state index in [1.165, 1.54) is 7.05 Å². The van der Waals surface area contributed by atoms with Crippen molar-refractivity contribution in [3.63, 3.8) is 0 Å². The van der Waals surface area contributed by atoms with Crippen LogP contribution in [0.1, 0.15) is 18.1 Å². The van der Waals surface area contributed by atoms with Crippen molar-refractivity contribution in [2.75, 3.05) is 25.9 Å². The number of hydrogen-bond donors (Lipinski definition) is 2. The van der Waals surface area contributed by atoms with E-state index in [4.69, 9.17) is 5.73 Å². The molecule has 0 aromatic heterocycles. The first-order valence-electron chi connectivity index (χ1n) is 6.32. The Bertz CT molecular complexity index is 612. The van der Waals surface area contributed by atoms with Gasteiger partial charge in [0.05, 0.1) is 11.4 Å². The summed E-state index contributed by atoms with van der Waals surface area (Å²) in [7, 11) is -2.28. The zero-order valence-corrected chi connectivity index (χ0v) is 13.0. The summed E-state index contributed by atoms with van der Waals surface area (Å²) in [6.07, 6.45) is 0. The maximum absolute atomic E-state index is 12.7. The summed E-state index contributed by atoms with van der Waals surface area (Å²) in [5, 5.41) is 2.42. The second-order valence-corrected chi connectivity index (χ2v) is 6.40. The van der Waals surface area contributed by atoms with Crippen LogP contribution in [0, 0.1) is 13.8 Å². The van der Waals surface area contributed by atoms with Gasteiger partial charge in [-0.1, -0.05) is 13.0 Å². The molecule has 0 aliphatic carbocycles. The molecule has 0 fully saturated rings. The molecule has 1 amide bonds. The van der Waals surface area contributed by atoms with E-state index in [0.717, 1.165) is 4.31 Å². The van der Waals surface area contributed by atoms with Gasteiger partial charge in [-0.15, -0.1) is 0 Å². The number of amides is 1. The molecule has 0 aliphatic rings. The van der Waals surface area contributed by atoms with Gasteiger partial charge >= 0.3 is 0 Å². The first-order valence-corrected chi connectivity index (χ1v) is 7.76. The second-order valence-electron chi connectivity index (χ2n) is 4.53. The van der Waals surface area contributed by atoms with Gasteiger partial charge in [0.15, 0.2) is 0 Å². The predicted molar refractivity (Wildman–Crippen MR) is 78.8 cm³/mol. The molecule has 0 bridgehead atoms. The van der Waals surface area contributed by atoms with Crippen LogP contribution in [0.25, 0.3) is 0 Å². The molecule has 112 valence electrons. The average molecular weight is 299 g/mol. The van der Waals surface area contributed by atoms with Gasteiger partial charge < -0.3 is 11.1 Å². The third-order valence-corrected chi connectivity index (χ3v) is 5.41. The molecule has 0 spiro atoms. The zero-order valence-electron chi connectivity index (χ0n) is 12.2. The summed E-state index contributed by atoms with van der Waals surface area (Å²) in [6.45, 7) is 5.08. The van der Waals surface area contributed by atoms with E-state index in [1.807, 2.05) is 0 Å². The summed E-state index contributed by atoms with van der Waals surface area (Å²) in [6, 6.07) is 3.35. The van der Waals surface area contributed by atoms with Gasteiger partial charge in [-0.3, -0.25) is 4.79 Å². The topological polar surface area (TPSA) is 92.5 Å². The molecular weight excluding hydrogens is 278 g/mol. The van der Waals surface area contributed by atoms with E-state index in [2.05, 4.69) is 5.32 Å². The first kappa shape index (κ1) is 16.5. The standard InChI is InChI=1S/C13H21N3O3S/c1-5-16(8-12(17)15-4)20(18,19)13-9(2)6-7-11(14)10(13)3/h6-7H,5,8,14H2,1-4H3,(H,15,17). The van der Waals surface area contributed by atoms with Crippen molar-refractivity contribution >= 4 is 21.6 Å². The normalized spacial score (nSPS) is 11.7. The van der Waals surface area contributed by atoms with Crippen LogP contribution in [0.5, 0.6) is 0 Å². The number of carbonyl (C=O) groups is 1. The number of nitrogens with two attached hydrogens (primary N) is 1. The Labute approximate surface area is 120 Å². The molecule has 0 atom stereocenters. The average Bonchev–Trinajstić information content (AvgIpc) is 2.39. The summed E-state index contributed by atoms with van der Waals surface area (Å²) in [5.41, 5.74) is 7.35. The lowest BCUT2D eigenvalue weighted by Gasteiger charge is -2.22. The van der Waals surface area contributed by atoms with E-state index >= 15 is 0 Å². The smallest absolute Gasteiger partial charge is 0.244 e. The zero-order chi connectivity index (χ0) is 15.5. The van der Waals surface area contributed by atoms with Gasteiger partial charge in [0, 0.05) is 19.3 Å². The van der Waals surface area contributed by atoms with Crippen molar-refractivity contribution in [2.45, 2.75) is 25.7 Å². The lowest BCUT2D eigenvalue weighted by molar-refractivity contribution is -0.120. The number of rotatable bonds is 5. The summed E-state index contributed by atoms with van der Waals surface area (Å²) in [5.74, 6) is -0.352. The molecule has 3 N–H and O–H groups in total. The van der Waals surface area contributed by atoms with Gasteiger partial charge in [-0.2, -0.15) is 4.31 Å². The molecule has 0 heterocycles. The molecular formula is C13H21N3O3S. The highest BCUT2D eigenvalue weighted by Gasteiger charge is 2.28. The maximum Gasteiger partial charge on any atom is 0.244 e. The quantitative estimate of drug-likeness (QED) is 0.780. The van der Waals surface area contributed by atoms with E-state index in [9.17, 15) is 13.2 Å². The Morgan fingerprint density at radius 1 is 1.35 bits per heavy atom. The van der Waals surface area contributed by atoms with Crippen LogP contribution in [0.15, 0.2) is 17.0 Å². The van der Waals surface area contributed by atoms with Crippen LogP contribution in [0.2, 0.25) is 0 Å². The minimum Gasteiger partial charge on any atom is -0.398 e. The number of carbonyl (C=O) groups excluding carboxylic acids is 1. The second kappa shape index (κ2) is 6.23. The van der Waals surface area contributed by atoms with Gasteiger partial charge in [-0.05, 0) is 31.0 Å².